The van der Waals surface area contributed by atoms with Gasteiger partial charge in [0.05, 0.1) is 17.1 Å². The average molecular weight is 260 g/mol. The van der Waals surface area contributed by atoms with Crippen molar-refractivity contribution in [1.29, 1.82) is 0 Å². The number of aromatic nitrogens is 3. The van der Waals surface area contributed by atoms with E-state index in [0.717, 1.165) is 0 Å². The first-order valence-electron chi connectivity index (χ1n) is 6.01. The molecule has 2 aromatic heterocycles. The first-order chi connectivity index (χ1) is 9.13. The molecule has 2 aromatic rings. The van der Waals surface area contributed by atoms with Gasteiger partial charge in [-0.15, -0.1) is 0 Å². The van der Waals surface area contributed by atoms with Gasteiger partial charge in [0.1, 0.15) is 6.61 Å². The number of carbonyl (C=O) groups is 1. The minimum absolute atomic E-state index is 0.117. The minimum atomic E-state index is -0.488. The number of rotatable bonds is 4. The molecule has 0 spiro atoms. The van der Waals surface area contributed by atoms with Crippen LogP contribution in [0.2, 0.25) is 0 Å². The molecule has 0 radical (unpaired) electrons. The quantitative estimate of drug-likeness (QED) is 0.838. The lowest BCUT2D eigenvalue weighted by atomic mass is 10.2. The molecule has 0 aliphatic heterocycles. The Kier molecular flexibility index (Phi) is 3.79. The number of nitrogen functional groups attached to an aromatic ring is 1. The fraction of sp³-hybridized carbons (Fsp3) is 0.308. The molecular weight excluding hydrogens is 244 g/mol. The number of aryl methyl sites for hydroxylation is 2. The lowest BCUT2D eigenvalue weighted by Crippen LogP contribution is -2.13. The van der Waals surface area contributed by atoms with E-state index >= 15 is 0 Å². The third-order valence-electron chi connectivity index (χ3n) is 2.77. The number of nitrogens with two attached hydrogens (primary N) is 1. The van der Waals surface area contributed by atoms with Crippen LogP contribution in [0.25, 0.3) is 0 Å². The van der Waals surface area contributed by atoms with Crippen LogP contribution in [-0.4, -0.2) is 20.7 Å². The smallest absolute Gasteiger partial charge is 0.359 e. The second-order valence-corrected chi connectivity index (χ2v) is 4.08. The van der Waals surface area contributed by atoms with Gasteiger partial charge in [-0.2, -0.15) is 5.10 Å². The highest BCUT2D eigenvalue weighted by Gasteiger charge is 2.20. The predicted molar refractivity (Wildman–Crippen MR) is 70.4 cm³/mol. The van der Waals surface area contributed by atoms with E-state index in [1.54, 1.807) is 25.4 Å². The third kappa shape index (κ3) is 2.73. The Balaban J connectivity index is 2.10. The molecule has 0 aliphatic rings. The number of pyridine rings is 1. The molecule has 2 heterocycles. The highest BCUT2D eigenvalue weighted by molar-refractivity contribution is 5.93. The Labute approximate surface area is 111 Å². The lowest BCUT2D eigenvalue weighted by molar-refractivity contribution is 0.0456. The molecule has 0 saturated heterocycles. The standard InChI is InChI=1S/C13H16N4O2/c1-3-10-11(14)12(17(2)16-10)13(18)19-8-9-6-4-5-7-15-9/h4-7H,3,8,14H2,1-2H3. The van der Waals surface area contributed by atoms with Gasteiger partial charge >= 0.3 is 5.97 Å². The maximum atomic E-state index is 12.0. The zero-order valence-corrected chi connectivity index (χ0v) is 11.0. The Morgan fingerprint density at radius 1 is 1.47 bits per heavy atom. The SMILES string of the molecule is CCc1nn(C)c(C(=O)OCc2ccccn2)c1N. The van der Waals surface area contributed by atoms with Gasteiger partial charge in [-0.1, -0.05) is 13.0 Å². The summed E-state index contributed by atoms with van der Waals surface area (Å²) >= 11 is 0. The predicted octanol–water partition coefficient (Wildman–Crippen LogP) is 1.32. The first-order valence-corrected chi connectivity index (χ1v) is 6.01. The van der Waals surface area contributed by atoms with E-state index in [1.807, 2.05) is 13.0 Å². The third-order valence-corrected chi connectivity index (χ3v) is 2.77. The molecule has 0 unspecified atom stereocenters. The molecule has 0 bridgehead atoms. The monoisotopic (exact) mass is 260 g/mol. The molecule has 6 nitrogen and oxygen atoms in total. The van der Waals surface area contributed by atoms with E-state index in [2.05, 4.69) is 10.1 Å². The molecule has 0 amide bonds. The van der Waals surface area contributed by atoms with Crippen LogP contribution in [0, 0.1) is 0 Å². The first kappa shape index (κ1) is 13.1. The molecule has 0 saturated carbocycles. The minimum Gasteiger partial charge on any atom is -0.454 e. The van der Waals surface area contributed by atoms with E-state index in [4.69, 9.17) is 10.5 Å². The van der Waals surface area contributed by atoms with Crippen LogP contribution in [0.4, 0.5) is 5.69 Å². The summed E-state index contributed by atoms with van der Waals surface area (Å²) < 4.78 is 6.64. The van der Waals surface area contributed by atoms with Crippen LogP contribution in [-0.2, 0) is 24.8 Å². The molecule has 2 N–H and O–H groups in total. The Morgan fingerprint density at radius 2 is 2.26 bits per heavy atom. The molecule has 0 fully saturated rings. The van der Waals surface area contributed by atoms with Crippen molar-refractivity contribution in [3.8, 4) is 0 Å². The molecule has 2 rings (SSSR count). The highest BCUT2D eigenvalue weighted by atomic mass is 16.5. The van der Waals surface area contributed by atoms with E-state index in [0.29, 0.717) is 23.5 Å². The second kappa shape index (κ2) is 5.51. The van der Waals surface area contributed by atoms with Crippen molar-refractivity contribution in [3.63, 3.8) is 0 Å². The fourth-order valence-electron chi connectivity index (χ4n) is 1.79. The molecular formula is C13H16N4O2. The zero-order chi connectivity index (χ0) is 13.8. The van der Waals surface area contributed by atoms with Crippen molar-refractivity contribution in [2.24, 2.45) is 7.05 Å². The van der Waals surface area contributed by atoms with E-state index < -0.39 is 5.97 Å². The summed E-state index contributed by atoms with van der Waals surface area (Å²) in [6.45, 7) is 2.05. The maximum absolute atomic E-state index is 12.0. The summed E-state index contributed by atoms with van der Waals surface area (Å²) in [7, 11) is 1.67. The number of anilines is 1. The van der Waals surface area contributed by atoms with E-state index in [9.17, 15) is 4.79 Å². The highest BCUT2D eigenvalue weighted by Crippen LogP contribution is 2.18. The van der Waals surface area contributed by atoms with Gasteiger partial charge < -0.3 is 10.5 Å². The number of hydrogen-bond donors (Lipinski definition) is 1. The normalized spacial score (nSPS) is 10.4. The van der Waals surface area contributed by atoms with Crippen LogP contribution in [0.3, 0.4) is 0 Å². The van der Waals surface area contributed by atoms with Gasteiger partial charge in [0.25, 0.3) is 0 Å². The van der Waals surface area contributed by atoms with Gasteiger partial charge in [-0.05, 0) is 18.6 Å². The molecule has 19 heavy (non-hydrogen) atoms. The number of carbonyl (C=O) groups excluding carboxylic acids is 1. The Hall–Kier alpha value is -2.37. The van der Waals surface area contributed by atoms with Crippen molar-refractivity contribution in [2.75, 3.05) is 5.73 Å². The number of hydrogen-bond acceptors (Lipinski definition) is 5. The van der Waals surface area contributed by atoms with Crippen molar-refractivity contribution in [3.05, 3.63) is 41.5 Å². The van der Waals surface area contributed by atoms with E-state index in [1.165, 1.54) is 4.68 Å². The van der Waals surface area contributed by atoms with Crippen LogP contribution in [0.1, 0.15) is 28.8 Å². The average Bonchev–Trinajstić information content (AvgIpc) is 2.72. The van der Waals surface area contributed by atoms with Gasteiger partial charge in [0.2, 0.25) is 0 Å². The molecule has 0 aliphatic carbocycles. The summed E-state index contributed by atoms with van der Waals surface area (Å²) in [6.07, 6.45) is 2.32. The maximum Gasteiger partial charge on any atom is 0.359 e. The van der Waals surface area contributed by atoms with Gasteiger partial charge in [-0.3, -0.25) is 9.67 Å². The Morgan fingerprint density at radius 3 is 2.84 bits per heavy atom. The van der Waals surface area contributed by atoms with Crippen LogP contribution >= 0.6 is 0 Å². The van der Waals surface area contributed by atoms with Gasteiger partial charge in [0, 0.05) is 13.2 Å². The topological polar surface area (TPSA) is 83.0 Å². The second-order valence-electron chi connectivity index (χ2n) is 4.08. The number of ether oxygens (including phenoxy) is 1. The van der Waals surface area contributed by atoms with Crippen molar-refractivity contribution >= 4 is 11.7 Å². The summed E-state index contributed by atoms with van der Waals surface area (Å²) in [5.41, 5.74) is 7.94. The number of esters is 1. The van der Waals surface area contributed by atoms with Gasteiger partial charge in [-0.25, -0.2) is 4.79 Å². The molecule has 0 atom stereocenters. The Bertz CT molecular complexity index is 578. The zero-order valence-electron chi connectivity index (χ0n) is 11.0. The number of nitrogens with zero attached hydrogens (tertiary/aromatic N) is 3. The van der Waals surface area contributed by atoms with Crippen molar-refractivity contribution < 1.29 is 9.53 Å². The fourth-order valence-corrected chi connectivity index (χ4v) is 1.79. The van der Waals surface area contributed by atoms with Crippen molar-refractivity contribution in [1.82, 2.24) is 14.8 Å². The van der Waals surface area contributed by atoms with E-state index in [-0.39, 0.29) is 12.3 Å². The van der Waals surface area contributed by atoms with Crippen LogP contribution in [0.5, 0.6) is 0 Å². The summed E-state index contributed by atoms with van der Waals surface area (Å²) in [4.78, 5) is 16.1. The van der Waals surface area contributed by atoms with Crippen LogP contribution in [0.15, 0.2) is 24.4 Å². The molecule has 6 heteroatoms. The molecule has 100 valence electrons. The summed E-state index contributed by atoms with van der Waals surface area (Å²) in [6, 6.07) is 5.43. The lowest BCUT2D eigenvalue weighted by Gasteiger charge is -2.05. The molecule has 0 aromatic carbocycles. The van der Waals surface area contributed by atoms with Crippen LogP contribution < -0.4 is 5.73 Å². The van der Waals surface area contributed by atoms with Gasteiger partial charge in [0.15, 0.2) is 5.69 Å². The summed E-state index contributed by atoms with van der Waals surface area (Å²) in [5, 5.41) is 4.18. The largest absolute Gasteiger partial charge is 0.454 e. The summed E-state index contributed by atoms with van der Waals surface area (Å²) in [5.74, 6) is -0.488. The van der Waals surface area contributed by atoms with Crippen molar-refractivity contribution in [2.45, 2.75) is 20.0 Å².